The van der Waals surface area contributed by atoms with E-state index in [0.29, 0.717) is 0 Å². The van der Waals surface area contributed by atoms with Crippen LogP contribution in [0.3, 0.4) is 0 Å². The molecular weight excluding hydrogens is 685 g/mol. The summed E-state index contributed by atoms with van der Waals surface area (Å²) >= 11 is 1.89. The van der Waals surface area contributed by atoms with Crippen LogP contribution in [0.25, 0.3) is 80.7 Å². The van der Waals surface area contributed by atoms with E-state index in [1.54, 1.807) is 0 Å². The lowest BCUT2D eigenvalue weighted by Crippen LogP contribution is -2.09. The fraction of sp³-hybridized carbons (Fsp3) is 0. The molecule has 0 aliphatic carbocycles. The Morgan fingerprint density at radius 2 is 0.909 bits per heavy atom. The summed E-state index contributed by atoms with van der Waals surface area (Å²) in [6.07, 6.45) is 0. The second-order valence-corrected chi connectivity index (χ2v) is 15.2. The third-order valence-electron chi connectivity index (χ3n) is 11.0. The van der Waals surface area contributed by atoms with Crippen molar-refractivity contribution < 1.29 is 0 Å². The van der Waals surface area contributed by atoms with Crippen LogP contribution in [0.5, 0.6) is 0 Å². The number of aromatic nitrogens is 1. The van der Waals surface area contributed by atoms with Crippen molar-refractivity contribution in [1.82, 2.24) is 4.57 Å². The van der Waals surface area contributed by atoms with Gasteiger partial charge in [-0.3, -0.25) is 0 Å². The molecule has 2 nitrogen and oxygen atoms in total. The van der Waals surface area contributed by atoms with Gasteiger partial charge >= 0.3 is 0 Å². The van der Waals surface area contributed by atoms with Crippen LogP contribution in [0.4, 0.5) is 17.1 Å². The standard InChI is InChI=1S/C52H34N2S/c1-3-11-35(12-4-1)36-19-25-41(26-20-36)53(43-29-31-46-47-30-23-38-13-7-8-16-44(38)52(47)55-51(46)34-43)42-27-21-37(22-28-42)39-24-32-50-48(33-39)45-17-9-10-18-49(45)54(50)40-14-5-2-6-15-40/h1-34H. The van der Waals surface area contributed by atoms with Crippen LogP contribution in [0.1, 0.15) is 0 Å². The van der Waals surface area contributed by atoms with Gasteiger partial charge in [0.25, 0.3) is 0 Å². The van der Waals surface area contributed by atoms with Crippen molar-refractivity contribution in [3.8, 4) is 27.9 Å². The van der Waals surface area contributed by atoms with Crippen LogP contribution in [-0.4, -0.2) is 4.57 Å². The summed E-state index contributed by atoms with van der Waals surface area (Å²) in [6.45, 7) is 0. The minimum atomic E-state index is 1.11. The summed E-state index contributed by atoms with van der Waals surface area (Å²) in [5, 5.41) is 7.73. The Labute approximate surface area is 323 Å². The first kappa shape index (κ1) is 31.6. The zero-order valence-corrected chi connectivity index (χ0v) is 30.7. The number of thiophene rings is 1. The quantitative estimate of drug-likeness (QED) is 0.166. The van der Waals surface area contributed by atoms with E-state index in [2.05, 4.69) is 216 Å². The molecule has 2 heterocycles. The molecule has 258 valence electrons. The second-order valence-electron chi connectivity index (χ2n) is 14.2. The first-order valence-corrected chi connectivity index (χ1v) is 19.6. The number of nitrogens with zero attached hydrogens (tertiary/aromatic N) is 2. The topological polar surface area (TPSA) is 8.17 Å². The van der Waals surface area contributed by atoms with Gasteiger partial charge in [0.1, 0.15) is 0 Å². The minimum absolute atomic E-state index is 1.11. The Bertz CT molecular complexity index is 3180. The lowest BCUT2D eigenvalue weighted by Gasteiger charge is -2.26. The van der Waals surface area contributed by atoms with Crippen molar-refractivity contribution in [2.75, 3.05) is 4.90 Å². The van der Waals surface area contributed by atoms with E-state index < -0.39 is 0 Å². The number of hydrogen-bond acceptors (Lipinski definition) is 2. The molecule has 0 amide bonds. The Balaban J connectivity index is 1.02. The van der Waals surface area contributed by atoms with Crippen LogP contribution in [-0.2, 0) is 0 Å². The number of benzene rings is 9. The smallest absolute Gasteiger partial charge is 0.0541 e. The first-order chi connectivity index (χ1) is 27.3. The van der Waals surface area contributed by atoms with Crippen molar-refractivity contribution in [2.24, 2.45) is 0 Å². The Kier molecular flexibility index (Phi) is 7.39. The highest BCUT2D eigenvalue weighted by molar-refractivity contribution is 7.26. The zero-order chi connectivity index (χ0) is 36.3. The fourth-order valence-electron chi connectivity index (χ4n) is 8.32. The number of para-hydroxylation sites is 2. The SMILES string of the molecule is c1ccc(-c2ccc(N(c3ccc(-c4ccc5c(c4)c4ccccc4n5-c4ccccc4)cc3)c3ccc4c(c3)sc3c5ccccc5ccc43)cc2)cc1. The van der Waals surface area contributed by atoms with Crippen LogP contribution in [0.15, 0.2) is 206 Å². The van der Waals surface area contributed by atoms with Gasteiger partial charge in [0.15, 0.2) is 0 Å². The average Bonchev–Trinajstić information content (AvgIpc) is 3.80. The van der Waals surface area contributed by atoms with Gasteiger partial charge in [-0.15, -0.1) is 11.3 Å². The Morgan fingerprint density at radius 1 is 0.345 bits per heavy atom. The number of anilines is 3. The number of hydrogen-bond donors (Lipinski definition) is 0. The molecule has 0 unspecified atom stereocenters. The van der Waals surface area contributed by atoms with E-state index in [0.717, 1.165) is 17.1 Å². The van der Waals surface area contributed by atoms with Gasteiger partial charge in [-0.25, -0.2) is 0 Å². The van der Waals surface area contributed by atoms with Gasteiger partial charge < -0.3 is 9.47 Å². The molecule has 55 heavy (non-hydrogen) atoms. The molecule has 11 aromatic rings. The summed E-state index contributed by atoms with van der Waals surface area (Å²) < 4.78 is 5.00. The highest BCUT2D eigenvalue weighted by Crippen LogP contribution is 2.43. The van der Waals surface area contributed by atoms with Crippen molar-refractivity contribution in [3.63, 3.8) is 0 Å². The van der Waals surface area contributed by atoms with Gasteiger partial charge in [-0.05, 0) is 99.8 Å². The molecule has 0 saturated heterocycles. The number of rotatable bonds is 6. The van der Waals surface area contributed by atoms with E-state index in [9.17, 15) is 0 Å². The third kappa shape index (κ3) is 5.32. The molecule has 0 N–H and O–H groups in total. The van der Waals surface area contributed by atoms with Gasteiger partial charge in [0.2, 0.25) is 0 Å². The summed E-state index contributed by atoms with van der Waals surface area (Å²) in [7, 11) is 0. The van der Waals surface area contributed by atoms with Gasteiger partial charge in [0, 0.05) is 53.7 Å². The van der Waals surface area contributed by atoms with Crippen molar-refractivity contribution >= 4 is 81.1 Å². The molecule has 0 fully saturated rings. The average molecular weight is 719 g/mol. The highest BCUT2D eigenvalue weighted by Gasteiger charge is 2.17. The summed E-state index contributed by atoms with van der Waals surface area (Å²) in [5.74, 6) is 0. The minimum Gasteiger partial charge on any atom is -0.310 e. The predicted octanol–water partition coefficient (Wildman–Crippen LogP) is 15.1. The zero-order valence-electron chi connectivity index (χ0n) is 29.9. The maximum atomic E-state index is 2.39. The van der Waals surface area contributed by atoms with Gasteiger partial charge in [-0.2, -0.15) is 0 Å². The molecule has 0 bridgehead atoms. The van der Waals surface area contributed by atoms with Crippen LogP contribution >= 0.6 is 11.3 Å². The monoisotopic (exact) mass is 718 g/mol. The molecule has 0 aliphatic heterocycles. The van der Waals surface area contributed by atoms with Gasteiger partial charge in [0.05, 0.1) is 11.0 Å². The predicted molar refractivity (Wildman–Crippen MR) is 237 cm³/mol. The maximum absolute atomic E-state index is 2.39. The van der Waals surface area contributed by atoms with E-state index in [1.165, 1.54) is 80.7 Å². The van der Waals surface area contributed by atoms with E-state index in [-0.39, 0.29) is 0 Å². The van der Waals surface area contributed by atoms with Crippen LogP contribution in [0.2, 0.25) is 0 Å². The highest BCUT2D eigenvalue weighted by atomic mass is 32.1. The Hall–Kier alpha value is -6.94. The molecule has 0 spiro atoms. The lowest BCUT2D eigenvalue weighted by molar-refractivity contribution is 1.18. The summed E-state index contributed by atoms with van der Waals surface area (Å²) in [5.41, 5.74) is 11.8. The van der Waals surface area contributed by atoms with E-state index in [4.69, 9.17) is 0 Å². The van der Waals surface area contributed by atoms with Crippen LogP contribution in [0, 0.1) is 0 Å². The fourth-order valence-corrected chi connectivity index (χ4v) is 9.59. The second kappa shape index (κ2) is 12.9. The third-order valence-corrected chi connectivity index (χ3v) is 12.2. The van der Waals surface area contributed by atoms with Crippen molar-refractivity contribution in [1.29, 1.82) is 0 Å². The molecule has 0 aliphatic rings. The lowest BCUT2D eigenvalue weighted by atomic mass is 10.0. The summed E-state index contributed by atoms with van der Waals surface area (Å²) in [4.78, 5) is 2.39. The number of fused-ring (bicyclic) bond motifs is 8. The van der Waals surface area contributed by atoms with Gasteiger partial charge in [-0.1, -0.05) is 140 Å². The van der Waals surface area contributed by atoms with Crippen molar-refractivity contribution in [3.05, 3.63) is 206 Å². The van der Waals surface area contributed by atoms with E-state index in [1.807, 2.05) is 11.3 Å². The van der Waals surface area contributed by atoms with E-state index >= 15 is 0 Å². The Morgan fingerprint density at radius 3 is 1.67 bits per heavy atom. The van der Waals surface area contributed by atoms with Crippen molar-refractivity contribution in [2.45, 2.75) is 0 Å². The maximum Gasteiger partial charge on any atom is 0.0541 e. The molecule has 0 radical (unpaired) electrons. The van der Waals surface area contributed by atoms with Crippen LogP contribution < -0.4 is 4.90 Å². The molecular formula is C52H34N2S. The molecule has 0 atom stereocenters. The molecule has 11 rings (SSSR count). The normalized spacial score (nSPS) is 11.6. The summed E-state index contributed by atoms with van der Waals surface area (Å²) in [6, 6.07) is 75.1. The largest absolute Gasteiger partial charge is 0.310 e. The molecule has 0 saturated carbocycles. The molecule has 9 aromatic carbocycles. The first-order valence-electron chi connectivity index (χ1n) is 18.8. The molecule has 3 heteroatoms. The molecule has 2 aromatic heterocycles.